The van der Waals surface area contributed by atoms with Gasteiger partial charge in [0.05, 0.1) is 13.6 Å². The van der Waals surface area contributed by atoms with E-state index in [1.54, 1.807) is 12.2 Å². The van der Waals surface area contributed by atoms with Crippen molar-refractivity contribution in [1.82, 2.24) is 15.2 Å². The van der Waals surface area contributed by atoms with E-state index >= 15 is 0 Å². The summed E-state index contributed by atoms with van der Waals surface area (Å²) >= 11 is 2.31. The van der Waals surface area contributed by atoms with Gasteiger partial charge in [-0.15, -0.1) is 23.1 Å². The summed E-state index contributed by atoms with van der Waals surface area (Å²) < 4.78 is 0.731. The molecule has 15 nitrogen and oxygen atoms in total. The Kier molecular flexibility index (Phi) is 9.78. The van der Waals surface area contributed by atoms with Crippen LogP contribution in [0.1, 0.15) is 41.8 Å². The molecule has 2 aromatic carbocycles. The van der Waals surface area contributed by atoms with Crippen molar-refractivity contribution in [3.63, 3.8) is 0 Å². The van der Waals surface area contributed by atoms with Gasteiger partial charge in [-0.2, -0.15) is 0 Å². The number of likely N-dealkylation sites (N-methyl/N-ethyl adjacent to an activating group) is 1. The highest BCUT2D eigenvalue weighted by Crippen LogP contribution is 2.41. The van der Waals surface area contributed by atoms with Gasteiger partial charge in [0.15, 0.2) is 22.3 Å². The van der Waals surface area contributed by atoms with Gasteiger partial charge < -0.3 is 40.8 Å². The predicted molar refractivity (Wildman–Crippen MR) is 193 cm³/mol. The predicted octanol–water partition coefficient (Wildman–Crippen LogP) is 2.88. The normalized spacial score (nSPS) is 21.7. The van der Waals surface area contributed by atoms with Gasteiger partial charge in [-0.1, -0.05) is 41.6 Å². The summed E-state index contributed by atoms with van der Waals surface area (Å²) in [6.07, 6.45) is 4.12. The van der Waals surface area contributed by atoms with Gasteiger partial charge in [0.1, 0.15) is 35.9 Å². The number of phenols is 2. The van der Waals surface area contributed by atoms with Crippen LogP contribution in [-0.4, -0.2) is 101 Å². The minimum atomic E-state index is -1.78. The van der Waals surface area contributed by atoms with Crippen LogP contribution in [0.2, 0.25) is 0 Å². The van der Waals surface area contributed by atoms with Crippen LogP contribution in [0, 0.1) is 0 Å². The van der Waals surface area contributed by atoms with Gasteiger partial charge in [0.25, 0.3) is 11.8 Å². The summed E-state index contributed by atoms with van der Waals surface area (Å²) in [6.45, 7) is 4.76. The van der Waals surface area contributed by atoms with Crippen molar-refractivity contribution in [2.24, 2.45) is 5.16 Å². The second-order valence-corrected chi connectivity index (χ2v) is 15.5. The number of fused-ring (bicyclic) bond motifs is 2. The first-order chi connectivity index (χ1) is 24.6. The van der Waals surface area contributed by atoms with Gasteiger partial charge in [-0.05, 0) is 37.1 Å². The fraction of sp³-hybridized carbons (Fsp3) is 0.314. The smallest absolute Gasteiger partial charge is 0.352 e. The third kappa shape index (κ3) is 7.19. The third-order valence-electron chi connectivity index (χ3n) is 9.18. The molecule has 3 aliphatic rings. The molecule has 4 heterocycles. The van der Waals surface area contributed by atoms with Crippen molar-refractivity contribution in [2.45, 2.75) is 50.4 Å². The van der Waals surface area contributed by atoms with Gasteiger partial charge >= 0.3 is 11.9 Å². The zero-order valence-electron chi connectivity index (χ0n) is 28.4. The lowest BCUT2D eigenvalue weighted by atomic mass is 9.96. The molecular weight excluding hydrogens is 713 g/mol. The molecule has 1 aromatic heterocycles. The number of nitrogens with zero attached hydrogens (tertiary/aromatic N) is 4. The largest absolute Gasteiger partial charge is 0.504 e. The number of nitrogen functional groups attached to an aromatic ring is 1. The van der Waals surface area contributed by atoms with E-state index in [4.69, 9.17) is 10.6 Å². The quantitative estimate of drug-likeness (QED) is 0.0548. The van der Waals surface area contributed by atoms with E-state index < -0.39 is 46.5 Å². The van der Waals surface area contributed by atoms with E-state index in [1.807, 2.05) is 30.3 Å². The summed E-state index contributed by atoms with van der Waals surface area (Å²) in [5, 5.41) is 46.8. The Bertz CT molecular complexity index is 2060. The third-order valence-corrected chi connectivity index (χ3v) is 11.2. The van der Waals surface area contributed by atoms with Crippen LogP contribution in [0.25, 0.3) is 6.08 Å². The van der Waals surface area contributed by atoms with Crippen LogP contribution in [0.15, 0.2) is 64.3 Å². The molecule has 52 heavy (non-hydrogen) atoms. The number of carboxylic acids is 2. The number of carbonyl (C=O) groups excluding carboxylic acids is 2. The Morgan fingerprint density at radius 2 is 1.88 bits per heavy atom. The molecule has 0 spiro atoms. The summed E-state index contributed by atoms with van der Waals surface area (Å²) in [4.78, 5) is 60.9. The van der Waals surface area contributed by atoms with Crippen molar-refractivity contribution >= 4 is 63.8 Å². The molecule has 0 radical (unpaired) electrons. The van der Waals surface area contributed by atoms with Crippen LogP contribution < -0.4 is 11.1 Å². The number of carboxylic acid groups (broad SMARTS) is 2. The first kappa shape index (κ1) is 36.4. The number of nitrogens with two attached hydrogens (primary N) is 1. The van der Waals surface area contributed by atoms with Crippen LogP contribution >= 0.6 is 23.1 Å². The molecule has 7 N–H and O–H groups in total. The monoisotopic (exact) mass is 749 g/mol. The Hall–Kier alpha value is -5.39. The van der Waals surface area contributed by atoms with Crippen LogP contribution in [-0.2, 0) is 43.5 Å². The standard InChI is InChI=1S/C35H36N6O9S2/c1-35(2,33(48)49)50-39-25(23-17-52-34(36)37-23)29(44)38-26-30(45)40-27(32(46)47)21(16-51-31(26)40)9-8-18-4-6-19(7-5-18)14-41(3)13-12-22-20(15-41)10-11-24(42)28(22)43/h4-11,17,26,31H,12-16H2,1-3H3,(H6-,36,37,38,39,42,43,44,46,47,48,49)/p+1/b9-8-/t26-,31-,41?/m1/s1. The van der Waals surface area contributed by atoms with Crippen molar-refractivity contribution in [3.05, 3.63) is 87.1 Å². The molecule has 6 rings (SSSR count). The number of carbonyl (C=O) groups is 4. The Balaban J connectivity index is 1.13. The first-order valence-corrected chi connectivity index (χ1v) is 18.1. The minimum Gasteiger partial charge on any atom is -0.504 e. The Labute approximate surface area is 306 Å². The molecule has 0 saturated carbocycles. The number of thiazole rings is 1. The van der Waals surface area contributed by atoms with Crippen LogP contribution in [0.4, 0.5) is 5.13 Å². The SMILES string of the molecule is CC(C)(O/N=C(\C(=O)N[C@@H]1C(=O)N2C(C(=O)O)=C(/C=C\c3ccc(C[N+]4(C)CCc5c(ccc(O)c5O)C4)cc3)CS[C@H]12)c1csc(N)n1)C(=O)O. The average Bonchev–Trinajstić information content (AvgIpc) is 3.53. The fourth-order valence-electron chi connectivity index (χ4n) is 6.25. The zero-order valence-corrected chi connectivity index (χ0v) is 30.0. The van der Waals surface area contributed by atoms with E-state index in [9.17, 15) is 39.6 Å². The molecule has 1 fully saturated rings. The molecule has 1 unspecified atom stereocenters. The van der Waals surface area contributed by atoms with E-state index in [0.717, 1.165) is 56.1 Å². The number of anilines is 1. The molecule has 272 valence electrons. The molecule has 1 saturated heterocycles. The summed E-state index contributed by atoms with van der Waals surface area (Å²) in [6, 6.07) is 10.2. The summed E-state index contributed by atoms with van der Waals surface area (Å²) in [5.41, 5.74) is 7.57. The molecule has 3 aromatic rings. The van der Waals surface area contributed by atoms with Gasteiger partial charge in [-0.3, -0.25) is 14.5 Å². The summed E-state index contributed by atoms with van der Waals surface area (Å²) in [7, 11) is 2.16. The number of aromatic nitrogens is 1. The number of nitrogens with one attached hydrogen (secondary N) is 1. The van der Waals surface area contributed by atoms with Crippen molar-refractivity contribution in [1.29, 1.82) is 0 Å². The lowest BCUT2D eigenvalue weighted by Gasteiger charge is -2.49. The van der Waals surface area contributed by atoms with E-state index in [1.165, 1.54) is 37.1 Å². The van der Waals surface area contributed by atoms with Gasteiger partial charge in [0.2, 0.25) is 5.60 Å². The Morgan fingerprint density at radius 3 is 2.54 bits per heavy atom. The Morgan fingerprint density at radius 1 is 1.15 bits per heavy atom. The molecule has 3 atom stereocenters. The maximum absolute atomic E-state index is 13.3. The number of thioether (sulfide) groups is 1. The second kappa shape index (κ2) is 14.0. The highest BCUT2D eigenvalue weighted by molar-refractivity contribution is 8.00. The van der Waals surface area contributed by atoms with E-state index in [0.29, 0.717) is 18.5 Å². The average molecular weight is 750 g/mol. The van der Waals surface area contributed by atoms with E-state index in [2.05, 4.69) is 22.5 Å². The molecule has 0 bridgehead atoms. The molecule has 3 aliphatic heterocycles. The number of rotatable bonds is 11. The lowest BCUT2D eigenvalue weighted by Crippen LogP contribution is -2.71. The van der Waals surface area contributed by atoms with Crippen molar-refractivity contribution < 1.29 is 48.9 Å². The number of hydrogen-bond acceptors (Lipinski definition) is 12. The summed E-state index contributed by atoms with van der Waals surface area (Å²) in [5.74, 6) is -4.01. The minimum absolute atomic E-state index is 0.0174. The number of allylic oxidation sites excluding steroid dienone is 1. The maximum atomic E-state index is 13.3. The van der Waals surface area contributed by atoms with E-state index in [-0.39, 0.29) is 33.8 Å². The van der Waals surface area contributed by atoms with Crippen LogP contribution in [0.5, 0.6) is 11.5 Å². The number of aliphatic carboxylic acids is 2. The highest BCUT2D eigenvalue weighted by atomic mass is 32.2. The number of quaternary nitrogens is 1. The topological polar surface area (TPSA) is 225 Å². The number of hydrogen-bond donors (Lipinski definition) is 6. The number of β-lactam (4-membered cyclic amide) rings is 1. The zero-order chi connectivity index (χ0) is 37.5. The van der Waals surface area contributed by atoms with Crippen LogP contribution in [0.3, 0.4) is 0 Å². The second-order valence-electron chi connectivity index (χ2n) is 13.5. The lowest BCUT2D eigenvalue weighted by molar-refractivity contribution is -0.937. The number of aromatic hydroxyl groups is 2. The highest BCUT2D eigenvalue weighted by Gasteiger charge is 2.54. The molecular formula is C35H37N6O9S2+. The molecule has 0 aliphatic carbocycles. The molecule has 17 heteroatoms. The number of phenolic OH excluding ortho intramolecular Hbond substituents is 2. The van der Waals surface area contributed by atoms with Crippen molar-refractivity contribution in [3.8, 4) is 11.5 Å². The number of benzene rings is 2. The first-order valence-electron chi connectivity index (χ1n) is 16.1. The van der Waals surface area contributed by atoms with Gasteiger partial charge in [-0.25, -0.2) is 14.6 Å². The number of oxime groups is 1. The molecule has 2 amide bonds. The number of amides is 2. The van der Waals surface area contributed by atoms with Gasteiger partial charge in [0, 0.05) is 34.2 Å². The fourth-order valence-corrected chi connectivity index (χ4v) is 8.12. The maximum Gasteiger partial charge on any atom is 0.352 e. The van der Waals surface area contributed by atoms with Crippen molar-refractivity contribution in [2.75, 3.05) is 25.1 Å².